The molecule has 1 N–H and O–H groups in total. The molecule has 0 saturated carbocycles. The summed E-state index contributed by atoms with van der Waals surface area (Å²) < 4.78 is 51.5. The Labute approximate surface area is 193 Å². The van der Waals surface area contributed by atoms with Crippen LogP contribution in [0.15, 0.2) is 36.5 Å². The number of nitriles is 1. The van der Waals surface area contributed by atoms with Crippen molar-refractivity contribution in [1.82, 2.24) is 4.98 Å². The molecule has 2 aliphatic heterocycles. The minimum Gasteiger partial charge on any atom is -0.472 e. The molecule has 0 bridgehead atoms. The van der Waals surface area contributed by atoms with Gasteiger partial charge in [0, 0.05) is 18.2 Å². The maximum atomic E-state index is 13.5. The molecule has 2 fully saturated rings. The van der Waals surface area contributed by atoms with Gasteiger partial charge in [-0.3, -0.25) is 4.90 Å². The molecule has 2 aliphatic rings. The number of alkyl halides is 3. The highest BCUT2D eigenvalue weighted by Crippen LogP contribution is 2.41. The van der Waals surface area contributed by atoms with Crippen LogP contribution in [0.5, 0.6) is 5.88 Å². The van der Waals surface area contributed by atoms with E-state index in [2.05, 4.69) is 4.98 Å². The van der Waals surface area contributed by atoms with Gasteiger partial charge in [0.05, 0.1) is 47.8 Å². The van der Waals surface area contributed by atoms with Crippen molar-refractivity contribution in [3.8, 4) is 11.9 Å². The molecule has 2 atom stereocenters. The molecule has 33 heavy (non-hydrogen) atoms. The highest BCUT2D eigenvalue weighted by Gasteiger charge is 2.50. The summed E-state index contributed by atoms with van der Waals surface area (Å²) in [5.74, 6) is 0.413. The number of hydrogen-bond donors (Lipinski definition) is 1. The summed E-state index contributed by atoms with van der Waals surface area (Å²) in [6, 6.07) is 8.18. The third-order valence-electron chi connectivity index (χ3n) is 5.71. The first-order chi connectivity index (χ1) is 15.5. The Hall–Kier alpha value is -2.94. The molecule has 0 spiro atoms. The number of thiocarbonyl (C=S) groups is 1. The fraction of sp³-hybridized carbons (Fsp3) is 0.409. The van der Waals surface area contributed by atoms with E-state index in [1.807, 2.05) is 0 Å². The topological polar surface area (TPSA) is 81.9 Å². The Morgan fingerprint density at radius 2 is 2.00 bits per heavy atom. The lowest BCUT2D eigenvalue weighted by molar-refractivity contribution is -0.137. The van der Waals surface area contributed by atoms with Crippen molar-refractivity contribution < 1.29 is 27.8 Å². The van der Waals surface area contributed by atoms with Crippen LogP contribution in [0.2, 0.25) is 0 Å². The third-order valence-corrected chi connectivity index (χ3v) is 6.09. The van der Waals surface area contributed by atoms with Crippen LogP contribution in [-0.4, -0.2) is 46.3 Å². The van der Waals surface area contributed by atoms with E-state index in [1.54, 1.807) is 36.9 Å². The van der Waals surface area contributed by atoms with Crippen LogP contribution >= 0.6 is 12.2 Å². The van der Waals surface area contributed by atoms with Crippen molar-refractivity contribution >= 4 is 28.7 Å². The van der Waals surface area contributed by atoms with Crippen molar-refractivity contribution in [2.45, 2.75) is 44.3 Å². The predicted molar refractivity (Wildman–Crippen MR) is 118 cm³/mol. The molecule has 7 nitrogen and oxygen atoms in total. The smallest absolute Gasteiger partial charge is 0.417 e. The fourth-order valence-electron chi connectivity index (χ4n) is 3.95. The van der Waals surface area contributed by atoms with Crippen molar-refractivity contribution in [3.63, 3.8) is 0 Å². The molecule has 11 heteroatoms. The van der Waals surface area contributed by atoms with Crippen LogP contribution in [0.3, 0.4) is 0 Å². The lowest BCUT2D eigenvalue weighted by Crippen LogP contribution is -2.47. The summed E-state index contributed by atoms with van der Waals surface area (Å²) in [6.07, 6.45) is -3.74. The highest BCUT2D eigenvalue weighted by molar-refractivity contribution is 7.80. The van der Waals surface area contributed by atoms with Crippen molar-refractivity contribution in [3.05, 3.63) is 47.7 Å². The van der Waals surface area contributed by atoms with Crippen LogP contribution in [0, 0.1) is 11.3 Å². The van der Waals surface area contributed by atoms with E-state index in [4.69, 9.17) is 27.0 Å². The fourth-order valence-corrected chi connectivity index (χ4v) is 4.50. The lowest BCUT2D eigenvalue weighted by Gasteiger charge is -2.32. The number of aliphatic hydroxyl groups is 1. The zero-order valence-corrected chi connectivity index (χ0v) is 18.7. The van der Waals surface area contributed by atoms with Crippen molar-refractivity contribution in [1.29, 1.82) is 5.26 Å². The summed E-state index contributed by atoms with van der Waals surface area (Å²) in [5, 5.41) is 20.2. The number of aromatic nitrogens is 1. The number of ether oxygens (including phenoxy) is 2. The van der Waals surface area contributed by atoms with Crippen LogP contribution in [-0.2, 0) is 10.9 Å². The van der Waals surface area contributed by atoms with E-state index >= 15 is 0 Å². The summed E-state index contributed by atoms with van der Waals surface area (Å²) >= 11 is 5.57. The number of halogens is 3. The first-order valence-corrected chi connectivity index (χ1v) is 10.6. The van der Waals surface area contributed by atoms with Gasteiger partial charge in [-0.15, -0.1) is 0 Å². The zero-order chi connectivity index (χ0) is 24.0. The van der Waals surface area contributed by atoms with Gasteiger partial charge in [0.15, 0.2) is 11.3 Å². The number of anilines is 2. The Morgan fingerprint density at radius 1 is 1.27 bits per heavy atom. The molecular weight excluding hydrogens is 457 g/mol. The van der Waals surface area contributed by atoms with E-state index in [-0.39, 0.29) is 16.9 Å². The summed E-state index contributed by atoms with van der Waals surface area (Å²) in [4.78, 5) is 7.19. The first-order valence-electron chi connectivity index (χ1n) is 10.2. The summed E-state index contributed by atoms with van der Waals surface area (Å²) in [6.45, 7) is 4.58. The molecule has 3 heterocycles. The Kier molecular flexibility index (Phi) is 5.94. The number of nitrogens with zero attached hydrogens (tertiary/aromatic N) is 4. The molecule has 1 aromatic heterocycles. The van der Waals surface area contributed by atoms with Crippen molar-refractivity contribution in [2.24, 2.45) is 0 Å². The Bertz CT molecular complexity index is 1100. The summed E-state index contributed by atoms with van der Waals surface area (Å²) in [5.41, 5.74) is -2.01. The number of benzene rings is 1. The Morgan fingerprint density at radius 3 is 2.58 bits per heavy atom. The average Bonchev–Trinajstić information content (AvgIpc) is 3.33. The molecule has 0 amide bonds. The van der Waals surface area contributed by atoms with Crippen molar-refractivity contribution in [2.75, 3.05) is 23.0 Å². The quantitative estimate of drug-likeness (QED) is 0.664. The van der Waals surface area contributed by atoms with Crippen LogP contribution in [0.25, 0.3) is 0 Å². The number of pyridine rings is 1. The normalized spacial score (nSPS) is 22.5. The van der Waals surface area contributed by atoms with Gasteiger partial charge >= 0.3 is 6.18 Å². The van der Waals surface area contributed by atoms with Crippen LogP contribution in [0.1, 0.15) is 31.4 Å². The minimum absolute atomic E-state index is 0.0311. The summed E-state index contributed by atoms with van der Waals surface area (Å²) in [7, 11) is 0. The largest absolute Gasteiger partial charge is 0.472 e. The predicted octanol–water partition coefficient (Wildman–Crippen LogP) is 3.85. The van der Waals surface area contributed by atoms with E-state index in [0.29, 0.717) is 24.8 Å². The Balaban J connectivity index is 1.65. The van der Waals surface area contributed by atoms with E-state index < -0.39 is 29.1 Å². The lowest BCUT2D eigenvalue weighted by atomic mass is 10.0. The molecule has 4 rings (SSSR count). The maximum absolute atomic E-state index is 13.5. The SMILES string of the molecule is CC1(C)C(O)N(c2ccc(C#N)c(C(F)(F)F)c2)C(=S)N1c1ccc(O[C@@H]2CCOC2)nc1. The third kappa shape index (κ3) is 4.21. The van der Waals surface area contributed by atoms with E-state index in [1.165, 1.54) is 17.2 Å². The second kappa shape index (κ2) is 8.44. The van der Waals surface area contributed by atoms with Gasteiger partial charge in [-0.1, -0.05) is 0 Å². The van der Waals surface area contributed by atoms with Gasteiger partial charge in [-0.2, -0.15) is 18.4 Å². The van der Waals surface area contributed by atoms with Gasteiger partial charge in [-0.05, 0) is 50.3 Å². The van der Waals surface area contributed by atoms with Gasteiger partial charge < -0.3 is 19.5 Å². The van der Waals surface area contributed by atoms with Crippen LogP contribution < -0.4 is 14.5 Å². The van der Waals surface area contributed by atoms with E-state index in [0.717, 1.165) is 18.6 Å². The second-order valence-corrected chi connectivity index (χ2v) is 8.68. The van der Waals surface area contributed by atoms with Gasteiger partial charge in [-0.25, -0.2) is 4.98 Å². The standard InChI is InChI=1S/C22H21F3N4O3S/c1-21(2)19(30)28(14-4-3-13(10-26)17(9-14)22(23,24)25)20(33)29(21)15-5-6-18(27-11-15)32-16-7-8-31-12-16/h3-6,9,11,16,19,30H,7-8,12H2,1-2H3/t16-,19?/m1/s1. The van der Waals surface area contributed by atoms with E-state index in [9.17, 15) is 18.3 Å². The number of aliphatic hydroxyl groups excluding tert-OH is 1. The van der Waals surface area contributed by atoms with Gasteiger partial charge in [0.25, 0.3) is 0 Å². The van der Waals surface area contributed by atoms with Gasteiger partial charge in [0.2, 0.25) is 5.88 Å². The molecule has 174 valence electrons. The molecule has 1 aromatic carbocycles. The molecular formula is C22H21F3N4O3S. The first kappa shape index (κ1) is 23.2. The minimum atomic E-state index is -4.73. The molecule has 0 radical (unpaired) electrons. The molecule has 2 aromatic rings. The molecule has 1 unspecified atom stereocenters. The van der Waals surface area contributed by atoms with Gasteiger partial charge in [0.1, 0.15) is 6.10 Å². The van der Waals surface area contributed by atoms with Crippen LogP contribution in [0.4, 0.5) is 24.5 Å². The maximum Gasteiger partial charge on any atom is 0.417 e. The highest BCUT2D eigenvalue weighted by atomic mass is 32.1. The number of rotatable bonds is 4. The zero-order valence-electron chi connectivity index (χ0n) is 17.8. The second-order valence-electron chi connectivity index (χ2n) is 8.31. The molecule has 2 saturated heterocycles. The molecule has 0 aliphatic carbocycles. The number of hydrogen-bond acceptors (Lipinski definition) is 6. The monoisotopic (exact) mass is 478 g/mol. The average molecular weight is 478 g/mol.